The molecule has 5 heteroatoms. The summed E-state index contributed by atoms with van der Waals surface area (Å²) in [7, 11) is 0. The Labute approximate surface area is 165 Å². The Morgan fingerprint density at radius 1 is 1.12 bits per heavy atom. The highest BCUT2D eigenvalue weighted by Crippen LogP contribution is 2.37. The number of hydrogen-bond donors (Lipinski definition) is 1. The zero-order chi connectivity index (χ0) is 17.8. The zero-order valence-corrected chi connectivity index (χ0v) is 16.8. The van der Waals surface area contributed by atoms with Gasteiger partial charge in [0, 0.05) is 19.8 Å². The number of benzene rings is 3. The SMILES string of the molecule is CC(NC(=O)CSc1ccc(Br)c2cccc(Cl)c12)c1ccccc1. The van der Waals surface area contributed by atoms with Crippen LogP contribution in [-0.4, -0.2) is 11.7 Å². The number of halogens is 2. The molecule has 1 atom stereocenters. The van der Waals surface area contributed by atoms with E-state index < -0.39 is 0 Å². The highest BCUT2D eigenvalue weighted by Gasteiger charge is 2.12. The van der Waals surface area contributed by atoms with E-state index in [-0.39, 0.29) is 11.9 Å². The van der Waals surface area contributed by atoms with Crippen LogP contribution >= 0.6 is 39.3 Å². The molecule has 0 spiro atoms. The lowest BCUT2D eigenvalue weighted by Crippen LogP contribution is -2.28. The molecular formula is C20H17BrClNOS. The van der Waals surface area contributed by atoms with Gasteiger partial charge >= 0.3 is 0 Å². The van der Waals surface area contributed by atoms with Crippen molar-refractivity contribution in [3.63, 3.8) is 0 Å². The van der Waals surface area contributed by atoms with Crippen molar-refractivity contribution in [2.45, 2.75) is 17.9 Å². The third-order valence-electron chi connectivity index (χ3n) is 3.93. The zero-order valence-electron chi connectivity index (χ0n) is 13.6. The minimum atomic E-state index is -0.0143. The summed E-state index contributed by atoms with van der Waals surface area (Å²) in [5.41, 5.74) is 1.10. The van der Waals surface area contributed by atoms with E-state index in [0.717, 1.165) is 25.7 Å². The quantitative estimate of drug-likeness (QED) is 0.483. The molecule has 0 fully saturated rings. The predicted octanol–water partition coefficient (Wildman–Crippen LogP) is 6.23. The molecule has 0 aliphatic rings. The Balaban J connectivity index is 1.71. The number of fused-ring (bicyclic) bond motifs is 1. The molecule has 128 valence electrons. The molecule has 0 aromatic heterocycles. The number of nitrogens with one attached hydrogen (secondary N) is 1. The summed E-state index contributed by atoms with van der Waals surface area (Å²) in [6.45, 7) is 1.99. The number of hydrogen-bond acceptors (Lipinski definition) is 2. The highest BCUT2D eigenvalue weighted by atomic mass is 79.9. The summed E-state index contributed by atoms with van der Waals surface area (Å²) < 4.78 is 0.997. The Hall–Kier alpha value is -1.49. The maximum Gasteiger partial charge on any atom is 0.230 e. The third kappa shape index (κ3) is 4.38. The summed E-state index contributed by atoms with van der Waals surface area (Å²) in [6.07, 6.45) is 0. The van der Waals surface area contributed by atoms with Gasteiger partial charge in [-0.1, -0.05) is 70.0 Å². The molecule has 3 rings (SSSR count). The molecule has 25 heavy (non-hydrogen) atoms. The lowest BCUT2D eigenvalue weighted by Gasteiger charge is -2.14. The van der Waals surface area contributed by atoms with Crippen LogP contribution in [0.2, 0.25) is 5.02 Å². The molecule has 1 N–H and O–H groups in total. The van der Waals surface area contributed by atoms with E-state index in [1.165, 1.54) is 11.8 Å². The van der Waals surface area contributed by atoms with E-state index in [9.17, 15) is 4.79 Å². The maximum absolute atomic E-state index is 12.3. The first-order chi connectivity index (χ1) is 12.1. The second kappa shape index (κ2) is 8.26. The summed E-state index contributed by atoms with van der Waals surface area (Å²) in [5, 5.41) is 5.76. The molecule has 0 aliphatic heterocycles. The van der Waals surface area contributed by atoms with Gasteiger partial charge < -0.3 is 5.32 Å². The molecule has 2 nitrogen and oxygen atoms in total. The average Bonchev–Trinajstić information content (AvgIpc) is 2.62. The number of thioether (sulfide) groups is 1. The highest BCUT2D eigenvalue weighted by molar-refractivity contribution is 9.10. The lowest BCUT2D eigenvalue weighted by atomic mass is 10.1. The first-order valence-electron chi connectivity index (χ1n) is 7.90. The van der Waals surface area contributed by atoms with Crippen LogP contribution in [0, 0.1) is 0 Å². The molecule has 0 bridgehead atoms. The summed E-state index contributed by atoms with van der Waals surface area (Å²) in [4.78, 5) is 13.3. The van der Waals surface area contributed by atoms with Crippen LogP contribution in [0.4, 0.5) is 0 Å². The summed E-state index contributed by atoms with van der Waals surface area (Å²) >= 11 is 11.4. The van der Waals surface area contributed by atoms with Gasteiger partial charge in [0.15, 0.2) is 0 Å². The van der Waals surface area contributed by atoms with Gasteiger partial charge in [-0.3, -0.25) is 4.79 Å². The number of carbonyl (C=O) groups excluding carboxylic acids is 1. The van der Waals surface area contributed by atoms with Gasteiger partial charge in [-0.05, 0) is 36.1 Å². The molecular weight excluding hydrogens is 418 g/mol. The Morgan fingerprint density at radius 3 is 2.64 bits per heavy atom. The van der Waals surface area contributed by atoms with Gasteiger partial charge in [0.05, 0.1) is 11.8 Å². The monoisotopic (exact) mass is 433 g/mol. The largest absolute Gasteiger partial charge is 0.349 e. The molecule has 3 aromatic carbocycles. The van der Waals surface area contributed by atoms with E-state index in [4.69, 9.17) is 11.6 Å². The second-order valence-corrected chi connectivity index (χ2v) is 7.98. The number of amides is 1. The van der Waals surface area contributed by atoms with E-state index in [0.29, 0.717) is 10.8 Å². The fourth-order valence-electron chi connectivity index (χ4n) is 2.67. The summed E-state index contributed by atoms with van der Waals surface area (Å²) in [5.74, 6) is 0.351. The first kappa shape index (κ1) is 18.3. The molecule has 0 saturated carbocycles. The molecule has 0 saturated heterocycles. The Kier molecular flexibility index (Phi) is 6.05. The van der Waals surface area contributed by atoms with E-state index >= 15 is 0 Å². The van der Waals surface area contributed by atoms with Crippen molar-refractivity contribution in [2.75, 3.05) is 5.75 Å². The molecule has 1 amide bonds. The predicted molar refractivity (Wildman–Crippen MR) is 110 cm³/mol. The van der Waals surface area contributed by atoms with Crippen LogP contribution in [0.1, 0.15) is 18.5 Å². The van der Waals surface area contributed by atoms with Crippen LogP contribution in [-0.2, 0) is 4.79 Å². The number of rotatable bonds is 5. The van der Waals surface area contributed by atoms with Crippen molar-refractivity contribution in [3.8, 4) is 0 Å². The van der Waals surface area contributed by atoms with Crippen LogP contribution in [0.15, 0.2) is 70.0 Å². The van der Waals surface area contributed by atoms with E-state index in [1.807, 2.05) is 67.6 Å². The normalized spacial score (nSPS) is 12.1. The van der Waals surface area contributed by atoms with Crippen LogP contribution in [0.5, 0.6) is 0 Å². The van der Waals surface area contributed by atoms with Crippen LogP contribution in [0.25, 0.3) is 10.8 Å². The minimum absolute atomic E-state index is 0.00414. The molecule has 0 radical (unpaired) electrons. The van der Waals surface area contributed by atoms with Crippen molar-refractivity contribution in [1.82, 2.24) is 5.32 Å². The molecule has 0 aliphatic carbocycles. The fraction of sp³-hybridized carbons (Fsp3) is 0.150. The first-order valence-corrected chi connectivity index (χ1v) is 10.1. The molecule has 1 unspecified atom stereocenters. The van der Waals surface area contributed by atoms with Gasteiger partial charge in [-0.2, -0.15) is 0 Å². The van der Waals surface area contributed by atoms with Crippen molar-refractivity contribution < 1.29 is 4.79 Å². The molecule has 0 heterocycles. The Bertz CT molecular complexity index is 901. The van der Waals surface area contributed by atoms with Gasteiger partial charge in [0.2, 0.25) is 5.91 Å². The fourth-order valence-corrected chi connectivity index (χ4v) is 4.36. The van der Waals surface area contributed by atoms with Crippen molar-refractivity contribution >= 4 is 56.0 Å². The number of carbonyl (C=O) groups is 1. The van der Waals surface area contributed by atoms with Crippen LogP contribution in [0.3, 0.4) is 0 Å². The topological polar surface area (TPSA) is 29.1 Å². The van der Waals surface area contributed by atoms with Gasteiger partial charge in [0.25, 0.3) is 0 Å². The second-order valence-electron chi connectivity index (χ2n) is 5.70. The lowest BCUT2D eigenvalue weighted by molar-refractivity contribution is -0.119. The smallest absolute Gasteiger partial charge is 0.230 e. The van der Waals surface area contributed by atoms with Crippen molar-refractivity contribution in [1.29, 1.82) is 0 Å². The van der Waals surface area contributed by atoms with Gasteiger partial charge in [-0.25, -0.2) is 0 Å². The molecule has 3 aromatic rings. The van der Waals surface area contributed by atoms with Gasteiger partial charge in [0.1, 0.15) is 0 Å². The average molecular weight is 435 g/mol. The standard InChI is InChI=1S/C20H17BrClNOS/c1-13(14-6-3-2-4-7-14)23-19(24)12-25-18-11-10-16(21)15-8-5-9-17(22)20(15)18/h2-11,13H,12H2,1H3,(H,23,24). The Morgan fingerprint density at radius 2 is 1.88 bits per heavy atom. The van der Waals surface area contributed by atoms with Crippen LogP contribution < -0.4 is 5.32 Å². The van der Waals surface area contributed by atoms with Crippen molar-refractivity contribution in [2.24, 2.45) is 0 Å². The van der Waals surface area contributed by atoms with E-state index in [1.54, 1.807) is 0 Å². The third-order valence-corrected chi connectivity index (χ3v) is 6.00. The van der Waals surface area contributed by atoms with Crippen molar-refractivity contribution in [3.05, 3.63) is 75.7 Å². The summed E-state index contributed by atoms with van der Waals surface area (Å²) in [6, 6.07) is 19.7. The van der Waals surface area contributed by atoms with Gasteiger partial charge in [-0.15, -0.1) is 11.8 Å². The van der Waals surface area contributed by atoms with E-state index in [2.05, 4.69) is 21.2 Å². The maximum atomic E-state index is 12.3. The minimum Gasteiger partial charge on any atom is -0.349 e.